The van der Waals surface area contributed by atoms with Gasteiger partial charge in [-0.15, -0.1) is 0 Å². The van der Waals surface area contributed by atoms with Crippen molar-refractivity contribution in [3.63, 3.8) is 0 Å². The maximum Gasteiger partial charge on any atom is 0.0817 e. The Morgan fingerprint density at radius 1 is 1.31 bits per heavy atom. The van der Waals surface area contributed by atoms with E-state index < -0.39 is 0 Å². The Hall–Kier alpha value is -0.860. The summed E-state index contributed by atoms with van der Waals surface area (Å²) in [4.78, 5) is 0. The van der Waals surface area contributed by atoms with Crippen molar-refractivity contribution in [2.75, 3.05) is 6.54 Å². The van der Waals surface area contributed by atoms with Gasteiger partial charge >= 0.3 is 0 Å². The number of aliphatic hydroxyl groups is 1. The van der Waals surface area contributed by atoms with Gasteiger partial charge in [-0.25, -0.2) is 0 Å². The van der Waals surface area contributed by atoms with Crippen molar-refractivity contribution in [3.8, 4) is 0 Å². The highest BCUT2D eigenvalue weighted by atomic mass is 16.3. The van der Waals surface area contributed by atoms with Crippen molar-refractivity contribution in [1.82, 2.24) is 5.32 Å². The molecule has 0 saturated carbocycles. The number of β-amino-alcohol motifs (C(OH)–C–C–N with tert-alkyl or cyclic N) is 1. The zero-order chi connectivity index (χ0) is 9.10. The maximum atomic E-state index is 9.32. The number of rotatable bonds is 3. The van der Waals surface area contributed by atoms with Crippen LogP contribution in [0.5, 0.6) is 0 Å². The van der Waals surface area contributed by atoms with Gasteiger partial charge in [-0.05, 0) is 18.4 Å². The highest BCUT2D eigenvalue weighted by Crippen LogP contribution is 2.12. The lowest BCUT2D eigenvalue weighted by molar-refractivity contribution is 0.0574. The molecule has 0 bridgehead atoms. The molecule has 1 fully saturated rings. The maximum absolute atomic E-state index is 9.32. The largest absolute Gasteiger partial charge is 0.390 e. The molecule has 1 aromatic carbocycles. The molecule has 0 aliphatic carbocycles. The van der Waals surface area contributed by atoms with Gasteiger partial charge in [0.2, 0.25) is 0 Å². The van der Waals surface area contributed by atoms with Gasteiger partial charge in [0, 0.05) is 12.6 Å². The molecule has 0 spiro atoms. The minimum absolute atomic E-state index is 0.122. The number of hydrogen-bond acceptors (Lipinski definition) is 2. The van der Waals surface area contributed by atoms with Crippen molar-refractivity contribution < 1.29 is 5.11 Å². The summed E-state index contributed by atoms with van der Waals surface area (Å²) >= 11 is 0. The zero-order valence-corrected chi connectivity index (χ0v) is 7.61. The second-order valence-electron chi connectivity index (χ2n) is 3.61. The molecule has 2 N–H and O–H groups in total. The highest BCUT2D eigenvalue weighted by Gasteiger charge is 2.26. The smallest absolute Gasteiger partial charge is 0.0817 e. The Morgan fingerprint density at radius 3 is 2.62 bits per heavy atom. The molecule has 1 heterocycles. The minimum Gasteiger partial charge on any atom is -0.390 e. The van der Waals surface area contributed by atoms with Gasteiger partial charge in [0.1, 0.15) is 0 Å². The Morgan fingerprint density at radius 2 is 2.08 bits per heavy atom. The summed E-state index contributed by atoms with van der Waals surface area (Å²) in [5.41, 5.74) is 1.35. The SMILES string of the molecule is OC1CNC1CCc1ccccc1. The lowest BCUT2D eigenvalue weighted by atomic mass is 9.96. The first-order valence-electron chi connectivity index (χ1n) is 4.81. The fourth-order valence-electron chi connectivity index (χ4n) is 1.65. The van der Waals surface area contributed by atoms with Crippen LogP contribution in [0.15, 0.2) is 30.3 Å². The van der Waals surface area contributed by atoms with E-state index in [0.717, 1.165) is 19.4 Å². The van der Waals surface area contributed by atoms with Crippen molar-refractivity contribution >= 4 is 0 Å². The van der Waals surface area contributed by atoms with Crippen molar-refractivity contribution in [2.24, 2.45) is 0 Å². The van der Waals surface area contributed by atoms with E-state index >= 15 is 0 Å². The first-order valence-corrected chi connectivity index (χ1v) is 4.81. The molecule has 0 aromatic heterocycles. The van der Waals surface area contributed by atoms with E-state index in [2.05, 4.69) is 29.6 Å². The molecule has 1 aliphatic rings. The fourth-order valence-corrected chi connectivity index (χ4v) is 1.65. The van der Waals surface area contributed by atoms with Gasteiger partial charge < -0.3 is 10.4 Å². The Kier molecular flexibility index (Phi) is 2.62. The molecule has 1 aliphatic heterocycles. The summed E-state index contributed by atoms with van der Waals surface area (Å²) in [6.07, 6.45) is 1.96. The van der Waals surface area contributed by atoms with Gasteiger partial charge in [-0.3, -0.25) is 0 Å². The molecule has 2 nitrogen and oxygen atoms in total. The van der Waals surface area contributed by atoms with Crippen LogP contribution in [-0.2, 0) is 6.42 Å². The summed E-state index contributed by atoms with van der Waals surface area (Å²) < 4.78 is 0. The summed E-state index contributed by atoms with van der Waals surface area (Å²) in [6.45, 7) is 0.763. The monoisotopic (exact) mass is 177 g/mol. The molecule has 70 valence electrons. The van der Waals surface area contributed by atoms with Crippen LogP contribution in [0.25, 0.3) is 0 Å². The predicted molar refractivity (Wildman–Crippen MR) is 52.6 cm³/mol. The normalized spacial score (nSPS) is 26.8. The molecule has 13 heavy (non-hydrogen) atoms. The second kappa shape index (κ2) is 3.90. The quantitative estimate of drug-likeness (QED) is 0.720. The number of nitrogens with one attached hydrogen (secondary N) is 1. The first-order chi connectivity index (χ1) is 6.36. The zero-order valence-electron chi connectivity index (χ0n) is 7.61. The van der Waals surface area contributed by atoms with E-state index in [-0.39, 0.29) is 6.10 Å². The van der Waals surface area contributed by atoms with Crippen molar-refractivity contribution in [3.05, 3.63) is 35.9 Å². The van der Waals surface area contributed by atoms with Crippen LogP contribution in [0.1, 0.15) is 12.0 Å². The van der Waals surface area contributed by atoms with Crippen LogP contribution in [-0.4, -0.2) is 23.8 Å². The molecule has 0 amide bonds. The average molecular weight is 177 g/mol. The molecular formula is C11H15NO. The van der Waals surface area contributed by atoms with E-state index in [9.17, 15) is 5.11 Å². The molecule has 2 atom stereocenters. The summed E-state index contributed by atoms with van der Waals surface area (Å²) in [5.74, 6) is 0. The van der Waals surface area contributed by atoms with Crippen molar-refractivity contribution in [1.29, 1.82) is 0 Å². The first kappa shape index (κ1) is 8.73. The van der Waals surface area contributed by atoms with Gasteiger partial charge in [0.15, 0.2) is 0 Å². The van der Waals surface area contributed by atoms with Crippen LogP contribution in [0.2, 0.25) is 0 Å². The van der Waals surface area contributed by atoms with Crippen LogP contribution < -0.4 is 5.32 Å². The molecule has 1 saturated heterocycles. The fraction of sp³-hybridized carbons (Fsp3) is 0.455. The lowest BCUT2D eigenvalue weighted by Crippen LogP contribution is -2.57. The highest BCUT2D eigenvalue weighted by molar-refractivity contribution is 5.15. The van der Waals surface area contributed by atoms with E-state index in [0.29, 0.717) is 6.04 Å². The number of hydrogen-bond donors (Lipinski definition) is 2. The molecule has 2 rings (SSSR count). The summed E-state index contributed by atoms with van der Waals surface area (Å²) in [5, 5.41) is 12.5. The van der Waals surface area contributed by atoms with E-state index in [1.807, 2.05) is 6.07 Å². The third-order valence-corrected chi connectivity index (χ3v) is 2.64. The molecule has 2 heteroatoms. The molecular weight excluding hydrogens is 162 g/mol. The van der Waals surface area contributed by atoms with Crippen LogP contribution in [0.3, 0.4) is 0 Å². The van der Waals surface area contributed by atoms with Crippen molar-refractivity contribution in [2.45, 2.75) is 25.0 Å². The number of aryl methyl sites for hydroxylation is 1. The Balaban J connectivity index is 1.80. The van der Waals surface area contributed by atoms with E-state index in [1.165, 1.54) is 5.56 Å². The molecule has 0 radical (unpaired) electrons. The van der Waals surface area contributed by atoms with Crippen LogP contribution in [0, 0.1) is 0 Å². The molecule has 1 aromatic rings. The van der Waals surface area contributed by atoms with Gasteiger partial charge in [-0.1, -0.05) is 30.3 Å². The average Bonchev–Trinajstić information content (AvgIpc) is 2.17. The van der Waals surface area contributed by atoms with Gasteiger partial charge in [0.05, 0.1) is 6.10 Å². The number of benzene rings is 1. The lowest BCUT2D eigenvalue weighted by Gasteiger charge is -2.34. The summed E-state index contributed by atoms with van der Waals surface area (Å²) in [6, 6.07) is 10.7. The third kappa shape index (κ3) is 2.08. The third-order valence-electron chi connectivity index (χ3n) is 2.64. The minimum atomic E-state index is -0.122. The topological polar surface area (TPSA) is 32.3 Å². The van der Waals surface area contributed by atoms with Gasteiger partial charge in [-0.2, -0.15) is 0 Å². The van der Waals surface area contributed by atoms with Crippen LogP contribution in [0.4, 0.5) is 0 Å². The van der Waals surface area contributed by atoms with E-state index in [4.69, 9.17) is 0 Å². The van der Waals surface area contributed by atoms with Gasteiger partial charge in [0.25, 0.3) is 0 Å². The predicted octanol–water partition coefficient (Wildman–Crippen LogP) is 0.952. The standard InChI is InChI=1S/C11H15NO/c13-11-8-12-10(11)7-6-9-4-2-1-3-5-9/h1-5,10-13H,6-8H2. The Bertz CT molecular complexity index is 260. The van der Waals surface area contributed by atoms with E-state index in [1.54, 1.807) is 0 Å². The second-order valence-corrected chi connectivity index (χ2v) is 3.61. The Labute approximate surface area is 78.6 Å². The molecule has 2 unspecified atom stereocenters. The van der Waals surface area contributed by atoms with Crippen LogP contribution >= 0.6 is 0 Å². The summed E-state index contributed by atoms with van der Waals surface area (Å²) in [7, 11) is 0. The number of aliphatic hydroxyl groups excluding tert-OH is 1.